The second kappa shape index (κ2) is 8.86. The summed E-state index contributed by atoms with van der Waals surface area (Å²) in [4.78, 5) is 12.5. The average molecular weight is 452 g/mol. The van der Waals surface area contributed by atoms with Crippen LogP contribution in [0.5, 0.6) is 5.88 Å². The van der Waals surface area contributed by atoms with Gasteiger partial charge in [-0.1, -0.05) is 5.16 Å². The normalized spacial score (nSPS) is 11.1. The van der Waals surface area contributed by atoms with Crippen LogP contribution in [0.15, 0.2) is 53.7 Å². The molecular weight excluding hydrogens is 438 g/mol. The number of aromatic nitrogens is 10. The quantitative estimate of drug-likeness (QED) is 0.344. The van der Waals surface area contributed by atoms with Crippen molar-refractivity contribution < 1.29 is 18.0 Å². The summed E-state index contributed by atoms with van der Waals surface area (Å²) in [5.74, 6) is 0.124. The van der Waals surface area contributed by atoms with Crippen LogP contribution in [0, 0.1) is 5.82 Å². The van der Waals surface area contributed by atoms with Gasteiger partial charge in [-0.2, -0.15) is 10.1 Å². The monoisotopic (exact) mass is 452 g/mol. The van der Waals surface area contributed by atoms with Gasteiger partial charge in [0.05, 0.1) is 35.9 Å². The van der Waals surface area contributed by atoms with Gasteiger partial charge >= 0.3 is 0 Å². The van der Waals surface area contributed by atoms with E-state index in [-0.39, 0.29) is 18.4 Å². The summed E-state index contributed by atoms with van der Waals surface area (Å²) >= 11 is 0. The summed E-state index contributed by atoms with van der Waals surface area (Å²) < 4.78 is 40.1. The van der Waals surface area contributed by atoms with E-state index in [1.54, 1.807) is 18.3 Å². The first-order valence-electron chi connectivity index (χ1n) is 9.55. The summed E-state index contributed by atoms with van der Waals surface area (Å²) in [5.41, 5.74) is 2.11. The first-order chi connectivity index (χ1) is 16.2. The molecule has 5 aromatic rings. The molecule has 0 aliphatic heterocycles. The van der Waals surface area contributed by atoms with E-state index < -0.39 is 12.6 Å². The molecule has 0 aliphatic carbocycles. The Morgan fingerprint density at radius 1 is 1.12 bits per heavy atom. The molecule has 12 nitrogen and oxygen atoms in total. The molecule has 5 rings (SSSR count). The molecule has 0 aliphatic rings. The predicted octanol–water partition coefficient (Wildman–Crippen LogP) is 2.07. The van der Waals surface area contributed by atoms with Gasteiger partial charge in [-0.3, -0.25) is 4.98 Å². The lowest BCUT2D eigenvalue weighted by Gasteiger charge is -2.07. The van der Waals surface area contributed by atoms with Crippen molar-refractivity contribution in [1.29, 1.82) is 0 Å². The highest BCUT2D eigenvalue weighted by Crippen LogP contribution is 2.26. The zero-order valence-electron chi connectivity index (χ0n) is 16.8. The number of hydrogen-bond donors (Lipinski definition) is 0. The van der Waals surface area contributed by atoms with Gasteiger partial charge in [-0.25, -0.2) is 23.1 Å². The van der Waals surface area contributed by atoms with Crippen molar-refractivity contribution in [3.8, 4) is 28.7 Å². The van der Waals surface area contributed by atoms with Crippen molar-refractivity contribution in [2.75, 3.05) is 0 Å². The fraction of sp³-hybridized carbons (Fsp3) is 0.158. The van der Waals surface area contributed by atoms with E-state index in [1.165, 1.54) is 29.3 Å². The molecule has 0 radical (unpaired) electrons. The second-order valence-corrected chi connectivity index (χ2v) is 6.69. The number of rotatable bonds is 8. The molecule has 0 unspecified atom stereocenters. The van der Waals surface area contributed by atoms with E-state index in [2.05, 4.69) is 40.7 Å². The average Bonchev–Trinajstić information content (AvgIpc) is 3.59. The van der Waals surface area contributed by atoms with Gasteiger partial charge in [0.25, 0.3) is 5.89 Å². The molecule has 166 valence electrons. The van der Waals surface area contributed by atoms with E-state index in [9.17, 15) is 8.78 Å². The lowest BCUT2D eigenvalue weighted by molar-refractivity contribution is 0.262. The summed E-state index contributed by atoms with van der Waals surface area (Å²) in [7, 11) is 0. The van der Waals surface area contributed by atoms with Crippen LogP contribution in [0.1, 0.15) is 11.4 Å². The maximum absolute atomic E-state index is 13.5. The van der Waals surface area contributed by atoms with Crippen molar-refractivity contribution in [3.05, 3.63) is 66.4 Å². The van der Waals surface area contributed by atoms with Gasteiger partial charge < -0.3 is 9.26 Å². The molecule has 0 atom stereocenters. The van der Waals surface area contributed by atoms with E-state index >= 15 is 0 Å². The van der Waals surface area contributed by atoms with Crippen LogP contribution in [-0.4, -0.2) is 50.1 Å². The standard InChI is InChI=1S/C19H14F2N10O2/c20-10-31-16(9-32-17-2-1-13(21)6-23-17)15(7-25-31)19-26-18(27-33-19)12-3-4-22-14(5-12)8-30-11-24-28-29-30/h1-7,11H,8-10H2. The second-order valence-electron chi connectivity index (χ2n) is 6.69. The number of pyridine rings is 2. The molecule has 0 spiro atoms. The van der Waals surface area contributed by atoms with E-state index in [0.717, 1.165) is 10.9 Å². The van der Waals surface area contributed by atoms with Crippen molar-refractivity contribution in [2.45, 2.75) is 20.0 Å². The minimum atomic E-state index is -0.888. The largest absolute Gasteiger partial charge is 0.471 e. The van der Waals surface area contributed by atoms with Crippen LogP contribution in [0.25, 0.3) is 22.8 Å². The van der Waals surface area contributed by atoms with Crippen molar-refractivity contribution >= 4 is 0 Å². The van der Waals surface area contributed by atoms with Crippen LogP contribution < -0.4 is 4.74 Å². The topological polar surface area (TPSA) is 135 Å². The van der Waals surface area contributed by atoms with E-state index in [0.29, 0.717) is 34.9 Å². The van der Waals surface area contributed by atoms with Gasteiger partial charge in [-0.05, 0) is 28.6 Å². The summed E-state index contributed by atoms with van der Waals surface area (Å²) in [5, 5.41) is 19.0. The molecule has 0 bridgehead atoms. The lowest BCUT2D eigenvalue weighted by Crippen LogP contribution is -2.07. The Kier molecular flexibility index (Phi) is 5.45. The highest BCUT2D eigenvalue weighted by atomic mass is 19.1. The Balaban J connectivity index is 1.38. The van der Waals surface area contributed by atoms with Crippen molar-refractivity contribution in [3.63, 3.8) is 0 Å². The van der Waals surface area contributed by atoms with Gasteiger partial charge in [0.1, 0.15) is 18.8 Å². The Labute approximate surface area is 183 Å². The highest BCUT2D eigenvalue weighted by Gasteiger charge is 2.20. The molecule has 0 saturated carbocycles. The zero-order chi connectivity index (χ0) is 22.6. The smallest absolute Gasteiger partial charge is 0.261 e. The Morgan fingerprint density at radius 2 is 2.06 bits per heavy atom. The van der Waals surface area contributed by atoms with Crippen molar-refractivity contribution in [1.82, 2.24) is 50.1 Å². The molecule has 0 aromatic carbocycles. The molecule has 0 amide bonds. The predicted molar refractivity (Wildman–Crippen MR) is 105 cm³/mol. The number of hydrogen-bond acceptors (Lipinski definition) is 10. The Hall–Kier alpha value is -4.62. The summed E-state index contributed by atoms with van der Waals surface area (Å²) in [6, 6.07) is 6.09. The van der Waals surface area contributed by atoms with Crippen molar-refractivity contribution in [2.24, 2.45) is 0 Å². The molecule has 33 heavy (non-hydrogen) atoms. The maximum Gasteiger partial charge on any atom is 0.261 e. The number of nitrogens with zero attached hydrogens (tertiary/aromatic N) is 10. The Bertz CT molecular complexity index is 1350. The molecule has 5 heterocycles. The minimum Gasteiger partial charge on any atom is -0.471 e. The third-order valence-corrected chi connectivity index (χ3v) is 4.57. The first kappa shape index (κ1) is 20.3. The molecular formula is C19H14F2N10O2. The molecule has 14 heteroatoms. The van der Waals surface area contributed by atoms with Crippen LogP contribution in [-0.2, 0) is 20.0 Å². The molecule has 0 fully saturated rings. The number of tetrazole rings is 1. The van der Waals surface area contributed by atoms with Gasteiger partial charge in [0.2, 0.25) is 11.7 Å². The molecule has 0 N–H and O–H groups in total. The summed E-state index contributed by atoms with van der Waals surface area (Å²) in [6.45, 7) is -0.615. The summed E-state index contributed by atoms with van der Waals surface area (Å²) in [6.07, 6.45) is 5.52. The fourth-order valence-corrected chi connectivity index (χ4v) is 3.01. The van der Waals surface area contributed by atoms with Gasteiger partial charge in [-0.15, -0.1) is 5.10 Å². The van der Waals surface area contributed by atoms with Crippen LogP contribution >= 0.6 is 0 Å². The SMILES string of the molecule is FCn1ncc(-c2nc(-c3ccnc(Cn4cnnn4)c3)no2)c1COc1ccc(F)cn1. The maximum atomic E-state index is 13.5. The number of ether oxygens (including phenoxy) is 1. The fourth-order valence-electron chi connectivity index (χ4n) is 3.01. The third kappa shape index (κ3) is 4.39. The van der Waals surface area contributed by atoms with Gasteiger partial charge in [0, 0.05) is 17.8 Å². The zero-order valence-corrected chi connectivity index (χ0v) is 16.8. The third-order valence-electron chi connectivity index (χ3n) is 4.57. The minimum absolute atomic E-state index is 0.0963. The van der Waals surface area contributed by atoms with E-state index in [4.69, 9.17) is 9.26 Å². The highest BCUT2D eigenvalue weighted by molar-refractivity contribution is 5.61. The van der Waals surface area contributed by atoms with Crippen LogP contribution in [0.2, 0.25) is 0 Å². The first-order valence-corrected chi connectivity index (χ1v) is 9.55. The van der Waals surface area contributed by atoms with Crippen LogP contribution in [0.4, 0.5) is 8.78 Å². The van der Waals surface area contributed by atoms with E-state index in [1.807, 2.05) is 0 Å². The number of halogens is 2. The lowest BCUT2D eigenvalue weighted by atomic mass is 10.2. The van der Waals surface area contributed by atoms with Gasteiger partial charge in [0.15, 0.2) is 6.80 Å². The number of alkyl halides is 1. The Morgan fingerprint density at radius 3 is 2.85 bits per heavy atom. The molecule has 5 aromatic heterocycles. The van der Waals surface area contributed by atoms with Crippen LogP contribution in [0.3, 0.4) is 0 Å². The molecule has 0 saturated heterocycles.